The molecule has 2 aliphatic rings. The topological polar surface area (TPSA) is 100 Å². The number of esters is 1. The number of rotatable bonds is 6. The number of carbonyl (C=O) groups excluding carboxylic acids is 3. The van der Waals surface area contributed by atoms with E-state index < -0.39 is 11.6 Å². The summed E-state index contributed by atoms with van der Waals surface area (Å²) in [6.07, 6.45) is 1.15. The Morgan fingerprint density at radius 2 is 1.79 bits per heavy atom. The third-order valence-corrected chi connectivity index (χ3v) is 5.73. The molecule has 0 radical (unpaired) electrons. The minimum absolute atomic E-state index is 0.166. The maximum atomic E-state index is 13.2. The Bertz CT molecular complexity index is 1070. The normalized spacial score (nSPS) is 17.4. The van der Waals surface area contributed by atoms with Gasteiger partial charge in [-0.1, -0.05) is 0 Å². The Balaban J connectivity index is 1.30. The van der Waals surface area contributed by atoms with Crippen molar-refractivity contribution in [1.29, 1.82) is 0 Å². The van der Waals surface area contributed by atoms with Crippen LogP contribution in [0.2, 0.25) is 0 Å². The largest absolute Gasteiger partial charge is 0.462 e. The molecule has 2 N–H and O–H groups in total. The van der Waals surface area contributed by atoms with E-state index in [1.54, 1.807) is 43.3 Å². The number of amides is 2. The molecular formula is C24H25FN4O4. The number of carbonyl (C=O) groups is 3. The highest BCUT2D eigenvalue weighted by atomic mass is 19.1. The molecule has 8 nitrogen and oxygen atoms in total. The molecule has 1 fully saturated rings. The standard InChI is InChI=1S/C24H25FN4O4/c1-2-33-23(32)17-5-9-19(10-6-17)26-20(30)15-29-13-11-24(12-14-29)27-21(22(31)28-24)16-3-7-18(25)8-4-16/h3-10H,2,11-15H2,1H3,(H,26,30)(H,28,31). The number of hydrogen-bond acceptors (Lipinski definition) is 6. The quantitative estimate of drug-likeness (QED) is 0.656. The zero-order valence-corrected chi connectivity index (χ0v) is 18.3. The molecule has 4 rings (SSSR count). The van der Waals surface area contributed by atoms with E-state index in [1.165, 1.54) is 12.1 Å². The van der Waals surface area contributed by atoms with Crippen LogP contribution < -0.4 is 10.6 Å². The summed E-state index contributed by atoms with van der Waals surface area (Å²) in [6.45, 7) is 3.44. The molecule has 2 amide bonds. The van der Waals surface area contributed by atoms with Crippen LogP contribution in [0.15, 0.2) is 53.5 Å². The summed E-state index contributed by atoms with van der Waals surface area (Å²) in [6, 6.07) is 12.3. The van der Waals surface area contributed by atoms with Crippen LogP contribution in [0.4, 0.5) is 10.1 Å². The summed E-state index contributed by atoms with van der Waals surface area (Å²) in [5.41, 5.74) is 1.24. The van der Waals surface area contributed by atoms with Crippen LogP contribution in [-0.4, -0.2) is 60.3 Å². The number of benzene rings is 2. The minimum atomic E-state index is -0.684. The van der Waals surface area contributed by atoms with Gasteiger partial charge in [-0.3, -0.25) is 19.5 Å². The zero-order chi connectivity index (χ0) is 23.4. The lowest BCUT2D eigenvalue weighted by atomic mass is 9.98. The Morgan fingerprint density at radius 1 is 1.12 bits per heavy atom. The van der Waals surface area contributed by atoms with Gasteiger partial charge >= 0.3 is 5.97 Å². The summed E-state index contributed by atoms with van der Waals surface area (Å²) in [7, 11) is 0. The van der Waals surface area contributed by atoms with Gasteiger partial charge in [-0.25, -0.2) is 9.18 Å². The first-order valence-corrected chi connectivity index (χ1v) is 10.9. The molecule has 2 aromatic rings. The van der Waals surface area contributed by atoms with Crippen LogP contribution in [0.1, 0.15) is 35.7 Å². The Hall–Kier alpha value is -3.59. The molecule has 0 unspecified atom stereocenters. The van der Waals surface area contributed by atoms with Crippen molar-refractivity contribution in [3.8, 4) is 0 Å². The first kappa shape index (κ1) is 22.6. The van der Waals surface area contributed by atoms with E-state index in [4.69, 9.17) is 4.74 Å². The van der Waals surface area contributed by atoms with Crippen LogP contribution in [-0.2, 0) is 14.3 Å². The number of nitrogens with one attached hydrogen (secondary N) is 2. The van der Waals surface area contributed by atoms with E-state index in [0.29, 0.717) is 55.1 Å². The first-order chi connectivity index (χ1) is 15.9. The number of likely N-dealkylation sites (tertiary alicyclic amines) is 1. The third-order valence-electron chi connectivity index (χ3n) is 5.73. The predicted molar refractivity (Wildman–Crippen MR) is 121 cm³/mol. The van der Waals surface area contributed by atoms with Crippen molar-refractivity contribution in [1.82, 2.24) is 10.2 Å². The Kier molecular flexibility index (Phi) is 6.50. The Labute approximate surface area is 190 Å². The SMILES string of the molecule is CCOC(=O)c1ccc(NC(=O)CN2CCC3(CC2)N=C(c2ccc(F)cc2)C(=O)N3)cc1. The van der Waals surface area contributed by atoms with Crippen molar-refractivity contribution < 1.29 is 23.5 Å². The van der Waals surface area contributed by atoms with Crippen molar-refractivity contribution in [2.24, 2.45) is 4.99 Å². The summed E-state index contributed by atoms with van der Waals surface area (Å²) in [5, 5.41) is 5.80. The van der Waals surface area contributed by atoms with Gasteiger partial charge in [0.2, 0.25) is 5.91 Å². The second-order valence-electron chi connectivity index (χ2n) is 8.08. The molecule has 1 spiro atoms. The van der Waals surface area contributed by atoms with Crippen molar-refractivity contribution in [2.45, 2.75) is 25.4 Å². The highest BCUT2D eigenvalue weighted by Gasteiger charge is 2.42. The molecule has 0 saturated carbocycles. The summed E-state index contributed by atoms with van der Waals surface area (Å²) >= 11 is 0. The van der Waals surface area contributed by atoms with Crippen LogP contribution in [0.5, 0.6) is 0 Å². The molecule has 0 atom stereocenters. The molecule has 0 bridgehead atoms. The lowest BCUT2D eigenvalue weighted by Crippen LogP contribution is -2.52. The van der Waals surface area contributed by atoms with Gasteiger partial charge in [0.15, 0.2) is 0 Å². The van der Waals surface area contributed by atoms with Gasteiger partial charge < -0.3 is 15.4 Å². The second-order valence-corrected chi connectivity index (χ2v) is 8.08. The molecule has 0 aromatic heterocycles. The lowest BCUT2D eigenvalue weighted by Gasteiger charge is -2.36. The molecule has 2 heterocycles. The highest BCUT2D eigenvalue weighted by molar-refractivity contribution is 6.46. The summed E-state index contributed by atoms with van der Waals surface area (Å²) < 4.78 is 18.1. The fraction of sp³-hybridized carbons (Fsp3) is 0.333. The molecule has 2 aromatic carbocycles. The summed E-state index contributed by atoms with van der Waals surface area (Å²) in [4.78, 5) is 43.3. The molecule has 2 aliphatic heterocycles. The van der Waals surface area contributed by atoms with Gasteiger partial charge in [0.1, 0.15) is 17.2 Å². The van der Waals surface area contributed by atoms with Crippen molar-refractivity contribution in [3.63, 3.8) is 0 Å². The van der Waals surface area contributed by atoms with E-state index in [-0.39, 0.29) is 24.2 Å². The zero-order valence-electron chi connectivity index (χ0n) is 18.3. The van der Waals surface area contributed by atoms with Crippen LogP contribution >= 0.6 is 0 Å². The highest BCUT2D eigenvalue weighted by Crippen LogP contribution is 2.29. The minimum Gasteiger partial charge on any atom is -0.462 e. The van der Waals surface area contributed by atoms with Gasteiger partial charge in [-0.15, -0.1) is 0 Å². The molecular weight excluding hydrogens is 427 g/mol. The Morgan fingerprint density at radius 3 is 2.42 bits per heavy atom. The summed E-state index contributed by atoms with van der Waals surface area (Å²) in [5.74, 6) is -1.20. The number of hydrogen-bond donors (Lipinski definition) is 2. The maximum absolute atomic E-state index is 13.2. The van der Waals surface area contributed by atoms with Gasteiger partial charge in [-0.05, 0) is 55.5 Å². The van der Waals surface area contributed by atoms with Gasteiger partial charge in [0, 0.05) is 37.2 Å². The van der Waals surface area contributed by atoms with E-state index in [2.05, 4.69) is 15.6 Å². The number of aliphatic imine (C=N–C) groups is 1. The number of halogens is 1. The molecule has 172 valence electrons. The monoisotopic (exact) mass is 452 g/mol. The predicted octanol–water partition coefficient (Wildman–Crippen LogP) is 2.35. The number of piperidine rings is 1. The average Bonchev–Trinajstić information content (AvgIpc) is 3.12. The number of anilines is 1. The number of ether oxygens (including phenoxy) is 1. The average molecular weight is 452 g/mol. The van der Waals surface area contributed by atoms with Crippen molar-refractivity contribution in [2.75, 3.05) is 31.6 Å². The third kappa shape index (κ3) is 5.25. The van der Waals surface area contributed by atoms with Crippen LogP contribution in [0.25, 0.3) is 0 Å². The van der Waals surface area contributed by atoms with Crippen LogP contribution in [0.3, 0.4) is 0 Å². The van der Waals surface area contributed by atoms with E-state index in [9.17, 15) is 18.8 Å². The van der Waals surface area contributed by atoms with Gasteiger partial charge in [-0.2, -0.15) is 0 Å². The molecule has 9 heteroatoms. The fourth-order valence-corrected chi connectivity index (χ4v) is 3.99. The number of nitrogens with zero attached hydrogens (tertiary/aromatic N) is 2. The first-order valence-electron chi connectivity index (χ1n) is 10.9. The fourth-order valence-electron chi connectivity index (χ4n) is 3.99. The van der Waals surface area contributed by atoms with E-state index in [1.807, 2.05) is 4.90 Å². The lowest BCUT2D eigenvalue weighted by molar-refractivity contribution is -0.119. The molecule has 33 heavy (non-hydrogen) atoms. The second kappa shape index (κ2) is 9.50. The van der Waals surface area contributed by atoms with Gasteiger partial charge in [0.05, 0.1) is 18.7 Å². The van der Waals surface area contributed by atoms with E-state index >= 15 is 0 Å². The van der Waals surface area contributed by atoms with Crippen LogP contribution in [0, 0.1) is 5.82 Å². The smallest absolute Gasteiger partial charge is 0.338 e. The van der Waals surface area contributed by atoms with Crippen molar-refractivity contribution >= 4 is 29.2 Å². The maximum Gasteiger partial charge on any atom is 0.338 e. The van der Waals surface area contributed by atoms with Crippen molar-refractivity contribution in [3.05, 3.63) is 65.5 Å². The molecule has 1 saturated heterocycles. The van der Waals surface area contributed by atoms with Gasteiger partial charge in [0.25, 0.3) is 5.91 Å². The van der Waals surface area contributed by atoms with E-state index in [0.717, 1.165) is 0 Å². The molecule has 0 aliphatic carbocycles.